The third kappa shape index (κ3) is 5.86. The van der Waals surface area contributed by atoms with Crippen LogP contribution in [0.15, 0.2) is 34.7 Å². The van der Waals surface area contributed by atoms with E-state index < -0.39 is 16.0 Å². The number of rotatable bonds is 12. The number of hydrogen-bond acceptors (Lipinski definition) is 6. The minimum atomic E-state index is -3.70. The van der Waals surface area contributed by atoms with Gasteiger partial charge in [-0.3, -0.25) is 9.59 Å². The molecule has 5 rings (SSSR count). The van der Waals surface area contributed by atoms with Crippen LogP contribution < -0.4 is 10.0 Å². The monoisotopic (exact) mass is 525 g/mol. The van der Waals surface area contributed by atoms with E-state index in [0.717, 1.165) is 24.0 Å². The Bertz CT molecular complexity index is 1440. The SMILES string of the molecule is CNC(=O)c1c(-c2ccc(C3CC3)cc2)oc2nc(CS(=O)(=O)NCCCCC(=O)O)c(C3CC3)cc12. The van der Waals surface area contributed by atoms with Crippen molar-refractivity contribution in [3.8, 4) is 11.3 Å². The van der Waals surface area contributed by atoms with Gasteiger partial charge in [0.15, 0.2) is 0 Å². The number of fused-ring (bicyclic) bond motifs is 1. The molecule has 1 amide bonds. The molecule has 0 unspecified atom stereocenters. The number of carbonyl (C=O) groups excluding carboxylic acids is 1. The highest BCUT2D eigenvalue weighted by Gasteiger charge is 2.32. The number of carboxylic acids is 1. The van der Waals surface area contributed by atoms with Crippen LogP contribution in [-0.2, 0) is 20.6 Å². The maximum atomic E-state index is 13.0. The second kappa shape index (κ2) is 10.3. The number of carbonyl (C=O) groups is 2. The van der Waals surface area contributed by atoms with Crippen LogP contribution in [0.4, 0.5) is 0 Å². The van der Waals surface area contributed by atoms with E-state index in [4.69, 9.17) is 9.52 Å². The predicted octanol–water partition coefficient (Wildman–Crippen LogP) is 4.28. The van der Waals surface area contributed by atoms with Crippen molar-refractivity contribution in [3.63, 3.8) is 0 Å². The van der Waals surface area contributed by atoms with Gasteiger partial charge in [-0.15, -0.1) is 0 Å². The highest BCUT2D eigenvalue weighted by Crippen LogP contribution is 2.45. The van der Waals surface area contributed by atoms with Crippen molar-refractivity contribution in [2.75, 3.05) is 13.6 Å². The first-order valence-corrected chi connectivity index (χ1v) is 14.4. The molecule has 2 aliphatic carbocycles. The molecular formula is C27H31N3O6S. The lowest BCUT2D eigenvalue weighted by Crippen LogP contribution is -2.27. The Kier molecular flexibility index (Phi) is 7.04. The normalized spacial score (nSPS) is 15.7. The molecule has 3 aromatic rings. The molecule has 0 saturated heterocycles. The Morgan fingerprint density at radius 2 is 1.78 bits per heavy atom. The van der Waals surface area contributed by atoms with E-state index in [9.17, 15) is 18.0 Å². The predicted molar refractivity (Wildman–Crippen MR) is 139 cm³/mol. The first-order valence-electron chi connectivity index (χ1n) is 12.7. The zero-order chi connectivity index (χ0) is 26.2. The molecule has 0 atom stereocenters. The van der Waals surface area contributed by atoms with Crippen LogP contribution in [0, 0.1) is 0 Å². The number of nitrogens with zero attached hydrogens (tertiary/aromatic N) is 1. The summed E-state index contributed by atoms with van der Waals surface area (Å²) < 4.78 is 34.3. The molecule has 2 fully saturated rings. The fourth-order valence-electron chi connectivity index (χ4n) is 4.68. The molecule has 1 aromatic carbocycles. The molecule has 0 aliphatic heterocycles. The molecule has 2 aliphatic rings. The number of nitrogens with one attached hydrogen (secondary N) is 2. The van der Waals surface area contributed by atoms with Crippen molar-refractivity contribution < 1.29 is 27.5 Å². The minimum absolute atomic E-state index is 0.00356. The van der Waals surface area contributed by atoms with E-state index in [1.807, 2.05) is 18.2 Å². The standard InChI is InChI=1S/C27H31N3O6S/c1-28-26(33)24-21-14-20(18-9-10-18)22(15-37(34,35)29-13-3-2-4-23(31)32)30-27(21)36-25(24)19-11-7-17(8-12-19)16-5-6-16/h7-8,11-12,14,16,18,29H,2-6,9-10,13,15H2,1H3,(H,28,33)(H,31,32). The molecule has 3 N–H and O–H groups in total. The molecule has 37 heavy (non-hydrogen) atoms. The highest BCUT2D eigenvalue weighted by molar-refractivity contribution is 7.88. The molecule has 196 valence electrons. The second-order valence-electron chi connectivity index (χ2n) is 9.94. The van der Waals surface area contributed by atoms with Gasteiger partial charge in [0.1, 0.15) is 11.5 Å². The third-order valence-electron chi connectivity index (χ3n) is 6.95. The summed E-state index contributed by atoms with van der Waals surface area (Å²) in [5.74, 6) is -0.265. The van der Waals surface area contributed by atoms with E-state index >= 15 is 0 Å². The summed E-state index contributed by atoms with van der Waals surface area (Å²) in [6.07, 6.45) is 5.10. The van der Waals surface area contributed by atoms with E-state index in [-0.39, 0.29) is 36.3 Å². The zero-order valence-electron chi connectivity index (χ0n) is 20.7. The topological polar surface area (TPSA) is 139 Å². The molecule has 0 radical (unpaired) electrons. The molecule has 2 saturated carbocycles. The number of pyridine rings is 1. The van der Waals surface area contributed by atoms with Gasteiger partial charge in [-0.2, -0.15) is 0 Å². The van der Waals surface area contributed by atoms with E-state index in [0.29, 0.717) is 41.2 Å². The van der Waals surface area contributed by atoms with Crippen molar-refractivity contribution in [1.29, 1.82) is 0 Å². The van der Waals surface area contributed by atoms with Crippen LogP contribution in [0.1, 0.15) is 84.0 Å². The molecule has 0 bridgehead atoms. The van der Waals surface area contributed by atoms with Crippen molar-refractivity contribution in [3.05, 3.63) is 52.7 Å². The van der Waals surface area contributed by atoms with E-state index in [1.165, 1.54) is 18.4 Å². The summed E-state index contributed by atoms with van der Waals surface area (Å²) in [6, 6.07) is 9.92. The molecule has 10 heteroatoms. The Morgan fingerprint density at radius 1 is 1.08 bits per heavy atom. The molecular weight excluding hydrogens is 494 g/mol. The number of carboxylic acid groups (broad SMARTS) is 1. The molecule has 0 spiro atoms. The summed E-state index contributed by atoms with van der Waals surface area (Å²) in [5.41, 5.74) is 3.92. The Hall–Kier alpha value is -3.24. The highest BCUT2D eigenvalue weighted by atomic mass is 32.2. The lowest BCUT2D eigenvalue weighted by Gasteiger charge is -2.10. The number of aliphatic carboxylic acids is 1. The zero-order valence-corrected chi connectivity index (χ0v) is 21.6. The number of sulfonamides is 1. The average molecular weight is 526 g/mol. The Balaban J connectivity index is 1.47. The lowest BCUT2D eigenvalue weighted by atomic mass is 10.0. The van der Waals surface area contributed by atoms with Gasteiger partial charge in [-0.1, -0.05) is 24.3 Å². The summed E-state index contributed by atoms with van der Waals surface area (Å²) in [4.78, 5) is 28.2. The van der Waals surface area contributed by atoms with Crippen molar-refractivity contribution >= 4 is 33.0 Å². The van der Waals surface area contributed by atoms with Gasteiger partial charge >= 0.3 is 5.97 Å². The van der Waals surface area contributed by atoms with Gasteiger partial charge in [0.25, 0.3) is 5.91 Å². The quantitative estimate of drug-likeness (QED) is 0.300. The van der Waals surface area contributed by atoms with Gasteiger partial charge in [0.2, 0.25) is 15.7 Å². The molecule has 9 nitrogen and oxygen atoms in total. The summed E-state index contributed by atoms with van der Waals surface area (Å²) in [5, 5.41) is 12.0. The summed E-state index contributed by atoms with van der Waals surface area (Å²) in [7, 11) is -2.13. The van der Waals surface area contributed by atoms with Gasteiger partial charge < -0.3 is 14.8 Å². The average Bonchev–Trinajstić information content (AvgIpc) is 3.79. The van der Waals surface area contributed by atoms with Crippen LogP contribution in [0.3, 0.4) is 0 Å². The number of benzene rings is 1. The van der Waals surface area contributed by atoms with Crippen molar-refractivity contribution in [2.24, 2.45) is 0 Å². The van der Waals surface area contributed by atoms with Gasteiger partial charge in [0, 0.05) is 25.6 Å². The third-order valence-corrected chi connectivity index (χ3v) is 8.25. The van der Waals surface area contributed by atoms with Crippen molar-refractivity contribution in [1.82, 2.24) is 15.0 Å². The van der Waals surface area contributed by atoms with Gasteiger partial charge in [-0.05, 0) is 67.6 Å². The molecule has 2 heterocycles. The molecule has 2 aromatic heterocycles. The van der Waals surface area contributed by atoms with Gasteiger partial charge in [-0.25, -0.2) is 18.1 Å². The number of amides is 1. The lowest BCUT2D eigenvalue weighted by molar-refractivity contribution is -0.137. The van der Waals surface area contributed by atoms with Crippen LogP contribution in [0.5, 0.6) is 0 Å². The Labute approximate surface area is 215 Å². The van der Waals surface area contributed by atoms with E-state index in [2.05, 4.69) is 27.2 Å². The Morgan fingerprint density at radius 3 is 2.41 bits per heavy atom. The maximum absolute atomic E-state index is 13.0. The first-order chi connectivity index (χ1) is 17.8. The first kappa shape index (κ1) is 25.4. The van der Waals surface area contributed by atoms with Gasteiger partial charge in [0.05, 0.1) is 16.6 Å². The summed E-state index contributed by atoms with van der Waals surface area (Å²) >= 11 is 0. The summed E-state index contributed by atoms with van der Waals surface area (Å²) in [6.45, 7) is 0.166. The van der Waals surface area contributed by atoms with Crippen molar-refractivity contribution in [2.45, 2.75) is 62.5 Å². The van der Waals surface area contributed by atoms with Crippen LogP contribution in [0.2, 0.25) is 0 Å². The fourth-order valence-corrected chi connectivity index (χ4v) is 5.82. The van der Waals surface area contributed by atoms with Crippen LogP contribution in [0.25, 0.3) is 22.4 Å². The second-order valence-corrected chi connectivity index (χ2v) is 11.7. The number of unbranched alkanes of at least 4 members (excludes halogenated alkanes) is 1. The smallest absolute Gasteiger partial charge is 0.303 e. The number of furan rings is 1. The largest absolute Gasteiger partial charge is 0.481 e. The minimum Gasteiger partial charge on any atom is -0.481 e. The van der Waals surface area contributed by atoms with Crippen LogP contribution in [-0.4, -0.2) is 44.0 Å². The van der Waals surface area contributed by atoms with E-state index in [1.54, 1.807) is 7.05 Å². The van der Waals surface area contributed by atoms with Crippen LogP contribution >= 0.6 is 0 Å². The maximum Gasteiger partial charge on any atom is 0.303 e. The fraction of sp³-hybridized carbons (Fsp3) is 0.444. The number of hydrogen-bond donors (Lipinski definition) is 3. The number of aromatic nitrogens is 1.